The molecule has 0 fully saturated rings. The fraction of sp³-hybridized carbons (Fsp3) is 1.00. The van der Waals surface area contributed by atoms with Gasteiger partial charge in [-0.15, -0.1) is 0 Å². The van der Waals surface area contributed by atoms with Crippen LogP contribution in [0, 0.1) is 0 Å². The Hall–Kier alpha value is -0.0400. The molecular formula is C14H32N+. The summed E-state index contributed by atoms with van der Waals surface area (Å²) in [6, 6.07) is 0. The van der Waals surface area contributed by atoms with Crippen LogP contribution in [0.2, 0.25) is 0 Å². The molecule has 0 saturated carbocycles. The zero-order valence-electron chi connectivity index (χ0n) is 11.5. The molecular weight excluding hydrogens is 182 g/mol. The topological polar surface area (TPSA) is 0 Å². The summed E-state index contributed by atoms with van der Waals surface area (Å²) in [6.45, 7) is 3.61. The van der Waals surface area contributed by atoms with Crippen LogP contribution in [0.3, 0.4) is 0 Å². The maximum Gasteiger partial charge on any atom is 0.0780 e. The minimum Gasteiger partial charge on any atom is -0.331 e. The molecule has 0 aliphatic rings. The van der Waals surface area contributed by atoms with Crippen LogP contribution in [-0.4, -0.2) is 32.2 Å². The monoisotopic (exact) mass is 214 g/mol. The first kappa shape index (κ1) is 15.0. The number of quaternary nitrogens is 1. The molecule has 0 unspecified atom stereocenters. The molecule has 0 bridgehead atoms. The predicted molar refractivity (Wildman–Crippen MR) is 70.1 cm³/mol. The molecule has 0 amide bonds. The lowest BCUT2D eigenvalue weighted by Crippen LogP contribution is -2.35. The molecule has 15 heavy (non-hydrogen) atoms. The van der Waals surface area contributed by atoms with Crippen molar-refractivity contribution in [2.75, 3.05) is 27.7 Å². The third-order valence-corrected chi connectivity index (χ3v) is 2.93. The maximum atomic E-state index is 2.28. The fourth-order valence-corrected chi connectivity index (χ4v) is 1.90. The Morgan fingerprint density at radius 1 is 0.600 bits per heavy atom. The summed E-state index contributed by atoms with van der Waals surface area (Å²) >= 11 is 0. The molecule has 0 rings (SSSR count). The molecule has 0 aromatic heterocycles. The Morgan fingerprint density at radius 2 is 1.00 bits per heavy atom. The number of hydrogen-bond acceptors (Lipinski definition) is 0. The van der Waals surface area contributed by atoms with Gasteiger partial charge in [-0.3, -0.25) is 0 Å². The summed E-state index contributed by atoms with van der Waals surface area (Å²) in [7, 11) is 6.85. The Bertz CT molecular complexity index is 124. The Balaban J connectivity index is 2.99. The minimum absolute atomic E-state index is 1.12. The van der Waals surface area contributed by atoms with E-state index in [0.717, 1.165) is 4.48 Å². The molecule has 1 nitrogen and oxygen atoms in total. The Labute approximate surface area is 97.5 Å². The van der Waals surface area contributed by atoms with Gasteiger partial charge < -0.3 is 4.48 Å². The molecule has 0 spiro atoms. The third kappa shape index (κ3) is 14.0. The minimum atomic E-state index is 1.12. The van der Waals surface area contributed by atoms with E-state index in [2.05, 4.69) is 28.1 Å². The van der Waals surface area contributed by atoms with Gasteiger partial charge in [0.05, 0.1) is 27.7 Å². The van der Waals surface area contributed by atoms with Gasteiger partial charge in [-0.2, -0.15) is 0 Å². The van der Waals surface area contributed by atoms with Crippen LogP contribution in [-0.2, 0) is 0 Å². The molecule has 0 saturated heterocycles. The van der Waals surface area contributed by atoms with E-state index in [1.807, 2.05) is 0 Å². The molecule has 1 heteroatoms. The number of rotatable bonds is 10. The average Bonchev–Trinajstić information content (AvgIpc) is 2.14. The normalized spacial score (nSPS) is 12.0. The molecule has 92 valence electrons. The van der Waals surface area contributed by atoms with Gasteiger partial charge in [0, 0.05) is 0 Å². The molecule has 0 aliphatic carbocycles. The van der Waals surface area contributed by atoms with Gasteiger partial charge in [0.1, 0.15) is 0 Å². The largest absolute Gasteiger partial charge is 0.331 e. The van der Waals surface area contributed by atoms with E-state index in [1.165, 1.54) is 64.3 Å². The van der Waals surface area contributed by atoms with Crippen molar-refractivity contribution in [1.82, 2.24) is 0 Å². The van der Waals surface area contributed by atoms with Crippen LogP contribution in [0.25, 0.3) is 0 Å². The van der Waals surface area contributed by atoms with Gasteiger partial charge in [-0.05, 0) is 12.8 Å². The van der Waals surface area contributed by atoms with E-state index in [4.69, 9.17) is 0 Å². The Morgan fingerprint density at radius 3 is 1.40 bits per heavy atom. The van der Waals surface area contributed by atoms with Crippen molar-refractivity contribution in [2.24, 2.45) is 0 Å². The van der Waals surface area contributed by atoms with E-state index >= 15 is 0 Å². The van der Waals surface area contributed by atoms with Gasteiger partial charge in [-0.25, -0.2) is 0 Å². The maximum absolute atomic E-state index is 2.28. The highest BCUT2D eigenvalue weighted by atomic mass is 15.3. The molecule has 0 aliphatic heterocycles. The highest BCUT2D eigenvalue weighted by Crippen LogP contribution is 2.10. The van der Waals surface area contributed by atoms with Crippen LogP contribution < -0.4 is 0 Å². The first-order valence-corrected chi connectivity index (χ1v) is 6.86. The lowest BCUT2D eigenvalue weighted by molar-refractivity contribution is -0.870. The van der Waals surface area contributed by atoms with Crippen molar-refractivity contribution in [2.45, 2.75) is 64.7 Å². The van der Waals surface area contributed by atoms with E-state index in [9.17, 15) is 0 Å². The van der Waals surface area contributed by atoms with Crippen molar-refractivity contribution >= 4 is 0 Å². The SMILES string of the molecule is CCCCCCCCCCC[N+](C)(C)C. The first-order valence-electron chi connectivity index (χ1n) is 6.86. The number of unbranched alkanes of at least 4 members (excludes halogenated alkanes) is 8. The standard InChI is InChI=1S/C14H32N/c1-5-6-7-8-9-10-11-12-13-14-15(2,3)4/h5-14H2,1-4H3/q+1. The third-order valence-electron chi connectivity index (χ3n) is 2.93. The first-order chi connectivity index (χ1) is 7.06. The van der Waals surface area contributed by atoms with Crippen LogP contribution >= 0.6 is 0 Å². The molecule has 0 aromatic carbocycles. The second-order valence-corrected chi connectivity index (χ2v) is 5.84. The lowest BCUT2D eigenvalue weighted by Gasteiger charge is -2.23. The second kappa shape index (κ2) is 9.21. The summed E-state index contributed by atoms with van der Waals surface area (Å²) in [6.07, 6.45) is 12.9. The van der Waals surface area contributed by atoms with Crippen LogP contribution in [0.5, 0.6) is 0 Å². The quantitative estimate of drug-likeness (QED) is 0.377. The zero-order valence-corrected chi connectivity index (χ0v) is 11.5. The fourth-order valence-electron chi connectivity index (χ4n) is 1.90. The zero-order chi connectivity index (χ0) is 11.6. The van der Waals surface area contributed by atoms with Crippen molar-refractivity contribution in [3.8, 4) is 0 Å². The highest BCUT2D eigenvalue weighted by molar-refractivity contribution is 4.46. The predicted octanol–water partition coefficient (Wildman–Crippen LogP) is 4.22. The van der Waals surface area contributed by atoms with Gasteiger partial charge in [0.25, 0.3) is 0 Å². The second-order valence-electron chi connectivity index (χ2n) is 5.84. The average molecular weight is 214 g/mol. The smallest absolute Gasteiger partial charge is 0.0780 e. The van der Waals surface area contributed by atoms with Crippen LogP contribution in [0.4, 0.5) is 0 Å². The Kier molecular flexibility index (Phi) is 9.18. The van der Waals surface area contributed by atoms with Crippen molar-refractivity contribution < 1.29 is 4.48 Å². The van der Waals surface area contributed by atoms with E-state index in [0.29, 0.717) is 0 Å². The molecule has 0 radical (unpaired) electrons. The summed E-state index contributed by atoms with van der Waals surface area (Å²) in [4.78, 5) is 0. The van der Waals surface area contributed by atoms with Gasteiger partial charge in [-0.1, -0.05) is 51.9 Å². The van der Waals surface area contributed by atoms with Gasteiger partial charge in [0.15, 0.2) is 0 Å². The van der Waals surface area contributed by atoms with Crippen LogP contribution in [0.1, 0.15) is 64.7 Å². The summed E-state index contributed by atoms with van der Waals surface area (Å²) in [5.74, 6) is 0. The van der Waals surface area contributed by atoms with Crippen molar-refractivity contribution in [3.05, 3.63) is 0 Å². The highest BCUT2D eigenvalue weighted by Gasteiger charge is 2.04. The molecule has 0 heterocycles. The molecule has 0 atom stereocenters. The van der Waals surface area contributed by atoms with Crippen molar-refractivity contribution in [1.29, 1.82) is 0 Å². The number of hydrogen-bond donors (Lipinski definition) is 0. The van der Waals surface area contributed by atoms with E-state index < -0.39 is 0 Å². The van der Waals surface area contributed by atoms with Crippen molar-refractivity contribution in [3.63, 3.8) is 0 Å². The molecule has 0 aromatic rings. The van der Waals surface area contributed by atoms with E-state index in [1.54, 1.807) is 0 Å². The van der Waals surface area contributed by atoms with Gasteiger partial charge >= 0.3 is 0 Å². The number of nitrogens with zero attached hydrogens (tertiary/aromatic N) is 1. The van der Waals surface area contributed by atoms with Gasteiger partial charge in [0.2, 0.25) is 0 Å². The summed E-state index contributed by atoms with van der Waals surface area (Å²) in [5, 5.41) is 0. The summed E-state index contributed by atoms with van der Waals surface area (Å²) in [5.41, 5.74) is 0. The lowest BCUT2D eigenvalue weighted by atomic mass is 10.1. The molecule has 0 N–H and O–H groups in total. The summed E-state index contributed by atoms with van der Waals surface area (Å²) < 4.78 is 1.12. The van der Waals surface area contributed by atoms with Crippen LogP contribution in [0.15, 0.2) is 0 Å². The van der Waals surface area contributed by atoms with E-state index in [-0.39, 0.29) is 0 Å².